The molecule has 1 saturated heterocycles. The molecule has 8 heteroatoms. The Morgan fingerprint density at radius 1 is 1.40 bits per heavy atom. The van der Waals surface area contributed by atoms with Crippen LogP contribution in [0.25, 0.3) is 0 Å². The van der Waals surface area contributed by atoms with Gasteiger partial charge in [0, 0.05) is 18.7 Å². The van der Waals surface area contributed by atoms with E-state index in [1.807, 2.05) is 0 Å². The van der Waals surface area contributed by atoms with E-state index in [0.717, 1.165) is 0 Å². The van der Waals surface area contributed by atoms with Gasteiger partial charge in [-0.3, -0.25) is 4.79 Å². The zero-order chi connectivity index (χ0) is 14.7. The smallest absolute Gasteiger partial charge is 0.337 e. The second-order valence-electron chi connectivity index (χ2n) is 4.30. The predicted octanol–water partition coefficient (Wildman–Crippen LogP) is 1.05. The molecule has 1 atom stereocenters. The molecule has 0 saturated carbocycles. The van der Waals surface area contributed by atoms with Crippen LogP contribution in [-0.2, 0) is 4.79 Å². The fourth-order valence-corrected chi connectivity index (χ4v) is 2.03. The van der Waals surface area contributed by atoms with Gasteiger partial charge in [0.1, 0.15) is 0 Å². The summed E-state index contributed by atoms with van der Waals surface area (Å²) in [5.74, 6) is -1.29. The highest BCUT2D eigenvalue weighted by Crippen LogP contribution is 2.20. The van der Waals surface area contributed by atoms with Crippen molar-refractivity contribution in [3.63, 3.8) is 0 Å². The minimum absolute atomic E-state index is 0.0917. The van der Waals surface area contributed by atoms with Gasteiger partial charge in [0.05, 0.1) is 16.6 Å². The number of carboxylic acids is 1. The molecule has 20 heavy (non-hydrogen) atoms. The number of halogens is 1. The van der Waals surface area contributed by atoms with Crippen molar-refractivity contribution in [2.45, 2.75) is 12.5 Å². The van der Waals surface area contributed by atoms with Crippen molar-refractivity contribution < 1.29 is 19.5 Å². The third-order valence-electron chi connectivity index (χ3n) is 2.77. The number of carboxylic acid groups (broad SMARTS) is 1. The summed E-state index contributed by atoms with van der Waals surface area (Å²) in [6.07, 6.45) is 0.231. The van der Waals surface area contributed by atoms with Crippen LogP contribution in [0.2, 0.25) is 5.02 Å². The molecule has 106 valence electrons. The van der Waals surface area contributed by atoms with Gasteiger partial charge in [-0.1, -0.05) is 11.6 Å². The second-order valence-corrected chi connectivity index (χ2v) is 4.71. The van der Waals surface area contributed by atoms with E-state index in [2.05, 4.69) is 16.0 Å². The van der Waals surface area contributed by atoms with E-state index in [1.165, 1.54) is 18.2 Å². The van der Waals surface area contributed by atoms with E-state index in [1.54, 1.807) is 0 Å². The molecule has 0 spiro atoms. The number of anilines is 1. The number of nitrogens with one attached hydrogen (secondary N) is 3. The van der Waals surface area contributed by atoms with Crippen LogP contribution in [0.15, 0.2) is 18.2 Å². The first-order valence-electron chi connectivity index (χ1n) is 5.83. The third-order valence-corrected chi connectivity index (χ3v) is 3.10. The molecule has 0 radical (unpaired) electrons. The van der Waals surface area contributed by atoms with E-state index >= 15 is 0 Å². The Hall–Kier alpha value is -2.28. The number of carbonyl (C=O) groups excluding carboxylic acids is 2. The van der Waals surface area contributed by atoms with Gasteiger partial charge in [0.2, 0.25) is 5.91 Å². The van der Waals surface area contributed by atoms with Crippen LogP contribution in [0.3, 0.4) is 0 Å². The number of aromatic carboxylic acids is 1. The number of amides is 3. The Morgan fingerprint density at radius 3 is 2.75 bits per heavy atom. The summed E-state index contributed by atoms with van der Waals surface area (Å²) >= 11 is 5.73. The van der Waals surface area contributed by atoms with Crippen molar-refractivity contribution >= 4 is 35.2 Å². The van der Waals surface area contributed by atoms with Crippen LogP contribution in [0, 0.1) is 0 Å². The monoisotopic (exact) mass is 297 g/mol. The maximum Gasteiger partial charge on any atom is 0.337 e. The van der Waals surface area contributed by atoms with Crippen LogP contribution in [0.4, 0.5) is 10.5 Å². The van der Waals surface area contributed by atoms with E-state index < -0.39 is 12.0 Å². The number of carbonyl (C=O) groups is 3. The standard InChI is InChI=1S/C12H12ClN3O4/c13-9-2-1-6(3-8(9)11(18)19)15-12(20)16-7-4-10(17)14-5-7/h1-3,7H,4-5H2,(H,14,17)(H,18,19)(H2,15,16,20). The molecule has 1 aliphatic rings. The Morgan fingerprint density at radius 2 is 2.15 bits per heavy atom. The number of hydrogen-bond acceptors (Lipinski definition) is 3. The minimum atomic E-state index is -1.18. The first kappa shape index (κ1) is 14.1. The molecule has 3 amide bonds. The van der Waals surface area contributed by atoms with Gasteiger partial charge in [-0.05, 0) is 18.2 Å². The molecule has 0 aliphatic carbocycles. The molecule has 1 unspecified atom stereocenters. The molecule has 1 aromatic rings. The van der Waals surface area contributed by atoms with Crippen molar-refractivity contribution in [2.24, 2.45) is 0 Å². The summed E-state index contributed by atoms with van der Waals surface area (Å²) in [4.78, 5) is 33.6. The molecule has 7 nitrogen and oxygen atoms in total. The van der Waals surface area contributed by atoms with Crippen LogP contribution in [-0.4, -0.2) is 35.6 Å². The summed E-state index contributed by atoms with van der Waals surface area (Å²) in [7, 11) is 0. The van der Waals surface area contributed by atoms with Crippen LogP contribution < -0.4 is 16.0 Å². The average molecular weight is 298 g/mol. The first-order valence-corrected chi connectivity index (χ1v) is 6.20. The molecule has 2 rings (SSSR count). The van der Waals surface area contributed by atoms with E-state index in [9.17, 15) is 14.4 Å². The van der Waals surface area contributed by atoms with Crippen molar-refractivity contribution in [1.82, 2.24) is 10.6 Å². The second kappa shape index (κ2) is 5.79. The SMILES string of the molecule is O=C1CC(NC(=O)Nc2ccc(Cl)c(C(=O)O)c2)CN1. The quantitative estimate of drug-likeness (QED) is 0.669. The molecule has 4 N–H and O–H groups in total. The largest absolute Gasteiger partial charge is 0.478 e. The zero-order valence-electron chi connectivity index (χ0n) is 10.3. The lowest BCUT2D eigenvalue weighted by Crippen LogP contribution is -2.39. The van der Waals surface area contributed by atoms with Crippen molar-refractivity contribution in [1.29, 1.82) is 0 Å². The lowest BCUT2D eigenvalue weighted by molar-refractivity contribution is -0.119. The van der Waals surface area contributed by atoms with E-state index in [0.29, 0.717) is 12.2 Å². The summed E-state index contributed by atoms with van der Waals surface area (Å²) in [5.41, 5.74) is 0.212. The molecular weight excluding hydrogens is 286 g/mol. The number of rotatable bonds is 3. The molecule has 1 heterocycles. The molecule has 1 fully saturated rings. The van der Waals surface area contributed by atoms with Crippen LogP contribution in [0.5, 0.6) is 0 Å². The van der Waals surface area contributed by atoms with Crippen molar-refractivity contribution in [3.05, 3.63) is 28.8 Å². The Labute approximate surface area is 119 Å². The van der Waals surface area contributed by atoms with Crippen LogP contribution in [0.1, 0.15) is 16.8 Å². The highest BCUT2D eigenvalue weighted by molar-refractivity contribution is 6.33. The topological polar surface area (TPSA) is 108 Å². The summed E-state index contributed by atoms with van der Waals surface area (Å²) in [5, 5.41) is 16.7. The predicted molar refractivity (Wildman–Crippen MR) is 72.0 cm³/mol. The normalized spacial score (nSPS) is 17.4. The fourth-order valence-electron chi connectivity index (χ4n) is 1.83. The van der Waals surface area contributed by atoms with Gasteiger partial charge in [0.15, 0.2) is 0 Å². The molecule has 0 aromatic heterocycles. The Kier molecular flexibility index (Phi) is 4.09. The summed E-state index contributed by atoms with van der Waals surface area (Å²) < 4.78 is 0. The van der Waals surface area contributed by atoms with Gasteiger partial charge >= 0.3 is 12.0 Å². The average Bonchev–Trinajstić information content (AvgIpc) is 2.76. The van der Waals surface area contributed by atoms with Crippen LogP contribution >= 0.6 is 11.6 Å². The third kappa shape index (κ3) is 3.39. The number of urea groups is 1. The Balaban J connectivity index is 1.99. The number of benzene rings is 1. The minimum Gasteiger partial charge on any atom is -0.478 e. The van der Waals surface area contributed by atoms with E-state index in [-0.39, 0.29) is 29.0 Å². The lowest BCUT2D eigenvalue weighted by Gasteiger charge is -2.12. The zero-order valence-corrected chi connectivity index (χ0v) is 11.0. The lowest BCUT2D eigenvalue weighted by atomic mass is 10.2. The first-order chi connectivity index (χ1) is 9.45. The molecular formula is C12H12ClN3O4. The highest BCUT2D eigenvalue weighted by Gasteiger charge is 2.22. The summed E-state index contributed by atoms with van der Waals surface area (Å²) in [6, 6.07) is 3.37. The van der Waals surface area contributed by atoms with Gasteiger partial charge in [-0.2, -0.15) is 0 Å². The molecule has 1 aliphatic heterocycles. The Bertz CT molecular complexity index is 576. The van der Waals surface area contributed by atoms with Crippen molar-refractivity contribution in [2.75, 3.05) is 11.9 Å². The van der Waals surface area contributed by atoms with Gasteiger partial charge < -0.3 is 21.1 Å². The maximum absolute atomic E-state index is 11.7. The maximum atomic E-state index is 11.7. The van der Waals surface area contributed by atoms with Crippen molar-refractivity contribution in [3.8, 4) is 0 Å². The fraction of sp³-hybridized carbons (Fsp3) is 0.250. The van der Waals surface area contributed by atoms with Gasteiger partial charge in [-0.15, -0.1) is 0 Å². The molecule has 1 aromatic carbocycles. The number of hydrogen-bond donors (Lipinski definition) is 4. The molecule has 0 bridgehead atoms. The van der Waals surface area contributed by atoms with E-state index in [4.69, 9.17) is 16.7 Å². The van der Waals surface area contributed by atoms with Gasteiger partial charge in [-0.25, -0.2) is 9.59 Å². The summed E-state index contributed by atoms with van der Waals surface area (Å²) in [6.45, 7) is 0.382. The highest BCUT2D eigenvalue weighted by atomic mass is 35.5. The van der Waals surface area contributed by atoms with Gasteiger partial charge in [0.25, 0.3) is 0 Å².